The maximum atomic E-state index is 13.5. The van der Waals surface area contributed by atoms with E-state index in [2.05, 4.69) is 10.3 Å². The largest absolute Gasteiger partial charge is 0.489 e. The van der Waals surface area contributed by atoms with Crippen molar-refractivity contribution >= 4 is 23.2 Å². The highest BCUT2D eigenvalue weighted by molar-refractivity contribution is 6.09. The van der Waals surface area contributed by atoms with Gasteiger partial charge in [-0.15, -0.1) is 0 Å². The van der Waals surface area contributed by atoms with Gasteiger partial charge in [0.05, 0.1) is 0 Å². The van der Waals surface area contributed by atoms with Crippen LogP contribution in [-0.4, -0.2) is 23.3 Å². The highest BCUT2D eigenvalue weighted by atomic mass is 19.1. The smallest absolute Gasteiger partial charge is 0.258 e. The summed E-state index contributed by atoms with van der Waals surface area (Å²) in [5.41, 5.74) is 4.14. The van der Waals surface area contributed by atoms with Crippen LogP contribution in [0.3, 0.4) is 0 Å². The number of anilines is 2. The van der Waals surface area contributed by atoms with Crippen LogP contribution in [0.5, 0.6) is 5.75 Å². The lowest BCUT2D eigenvalue weighted by Gasteiger charge is -2.31. The van der Waals surface area contributed by atoms with Crippen molar-refractivity contribution in [2.45, 2.75) is 19.4 Å². The summed E-state index contributed by atoms with van der Waals surface area (Å²) >= 11 is 0. The number of pyridine rings is 1. The Morgan fingerprint density at radius 1 is 0.972 bits per heavy atom. The highest BCUT2D eigenvalue weighted by Gasteiger charge is 2.26. The van der Waals surface area contributed by atoms with E-state index in [9.17, 15) is 14.0 Å². The number of aromatic nitrogens is 1. The predicted molar refractivity (Wildman–Crippen MR) is 136 cm³/mol. The molecule has 180 valence electrons. The van der Waals surface area contributed by atoms with Crippen molar-refractivity contribution in [2.75, 3.05) is 16.8 Å². The van der Waals surface area contributed by atoms with Gasteiger partial charge in [-0.05, 0) is 79.1 Å². The van der Waals surface area contributed by atoms with Crippen molar-refractivity contribution in [3.8, 4) is 5.75 Å². The molecule has 0 fully saturated rings. The number of benzene rings is 3. The van der Waals surface area contributed by atoms with Crippen molar-refractivity contribution in [3.63, 3.8) is 0 Å². The molecule has 5 rings (SSSR count). The molecule has 3 aromatic carbocycles. The number of rotatable bonds is 6. The lowest BCUT2D eigenvalue weighted by atomic mass is 9.98. The van der Waals surface area contributed by atoms with Gasteiger partial charge in [-0.3, -0.25) is 14.6 Å². The van der Waals surface area contributed by atoms with Gasteiger partial charge in [0.15, 0.2) is 0 Å². The number of fused-ring (bicyclic) bond motifs is 1. The van der Waals surface area contributed by atoms with Gasteiger partial charge in [0.2, 0.25) is 0 Å². The Kier molecular flexibility index (Phi) is 6.71. The fraction of sp³-hybridized carbons (Fsp3) is 0.138. The third-order valence-corrected chi connectivity index (χ3v) is 6.06. The normalized spacial score (nSPS) is 12.5. The minimum Gasteiger partial charge on any atom is -0.489 e. The number of ether oxygens (including phenoxy) is 1. The Morgan fingerprint density at radius 2 is 1.81 bits per heavy atom. The van der Waals surface area contributed by atoms with Gasteiger partial charge in [-0.25, -0.2) is 4.39 Å². The molecule has 0 unspecified atom stereocenters. The minimum atomic E-state index is -0.399. The first-order valence-corrected chi connectivity index (χ1v) is 11.7. The second kappa shape index (κ2) is 10.4. The molecule has 2 amide bonds. The topological polar surface area (TPSA) is 71.5 Å². The standard InChI is InChI=1S/C29H24FN3O3/c30-23-13-11-21(12-14-23)28(34)32-26-9-2-10-27-25(26)8-4-16-33(27)29(35)22-6-1-7-24(17-22)36-19-20-5-3-15-31-18-20/h1-3,5-7,9-15,17-18H,4,8,16,19H2,(H,32,34). The monoisotopic (exact) mass is 481 g/mol. The summed E-state index contributed by atoms with van der Waals surface area (Å²) in [5, 5.41) is 2.92. The molecule has 1 N–H and O–H groups in total. The molecule has 0 spiro atoms. The zero-order valence-electron chi connectivity index (χ0n) is 19.5. The lowest BCUT2D eigenvalue weighted by Crippen LogP contribution is -2.35. The zero-order valence-corrected chi connectivity index (χ0v) is 19.5. The first-order valence-electron chi connectivity index (χ1n) is 11.7. The third kappa shape index (κ3) is 5.10. The van der Waals surface area contributed by atoms with Crippen molar-refractivity contribution in [1.82, 2.24) is 4.98 Å². The molecule has 0 radical (unpaired) electrons. The predicted octanol–water partition coefficient (Wildman–Crippen LogP) is 5.65. The van der Waals surface area contributed by atoms with E-state index < -0.39 is 5.82 Å². The van der Waals surface area contributed by atoms with Crippen molar-refractivity contribution < 1.29 is 18.7 Å². The van der Waals surface area contributed by atoms with E-state index in [0.717, 1.165) is 29.7 Å². The third-order valence-electron chi connectivity index (χ3n) is 6.06. The summed E-state index contributed by atoms with van der Waals surface area (Å²) in [6.07, 6.45) is 4.94. The molecular formula is C29H24FN3O3. The SMILES string of the molecule is O=C(Nc1cccc2c1CCCN2C(=O)c1cccc(OCc2cccnc2)c1)c1ccc(F)cc1. The minimum absolute atomic E-state index is 0.134. The Morgan fingerprint density at radius 3 is 2.61 bits per heavy atom. The number of hydrogen-bond donors (Lipinski definition) is 1. The molecule has 7 heteroatoms. The van der Waals surface area contributed by atoms with E-state index in [1.807, 2.05) is 36.4 Å². The lowest BCUT2D eigenvalue weighted by molar-refractivity contribution is 0.0983. The van der Waals surface area contributed by atoms with Crippen LogP contribution in [0.2, 0.25) is 0 Å². The van der Waals surface area contributed by atoms with Gasteiger partial charge in [0, 0.05) is 47.0 Å². The summed E-state index contributed by atoms with van der Waals surface area (Å²) in [5.74, 6) is -0.262. The average Bonchev–Trinajstić information content (AvgIpc) is 2.92. The Balaban J connectivity index is 1.35. The number of amides is 2. The highest BCUT2D eigenvalue weighted by Crippen LogP contribution is 2.34. The van der Waals surface area contributed by atoms with E-state index >= 15 is 0 Å². The van der Waals surface area contributed by atoms with E-state index in [0.29, 0.717) is 35.7 Å². The van der Waals surface area contributed by atoms with E-state index in [1.165, 1.54) is 24.3 Å². The molecule has 0 atom stereocenters. The molecule has 0 saturated carbocycles. The van der Waals surface area contributed by atoms with Gasteiger partial charge < -0.3 is 15.0 Å². The quantitative estimate of drug-likeness (QED) is 0.387. The molecule has 6 nitrogen and oxygen atoms in total. The zero-order chi connectivity index (χ0) is 24.9. The molecule has 36 heavy (non-hydrogen) atoms. The number of carbonyl (C=O) groups excluding carboxylic acids is 2. The number of halogens is 1. The van der Waals surface area contributed by atoms with Crippen LogP contribution in [0, 0.1) is 5.82 Å². The Hall–Kier alpha value is -4.52. The van der Waals surface area contributed by atoms with Gasteiger partial charge in [0.1, 0.15) is 18.2 Å². The van der Waals surface area contributed by atoms with Crippen molar-refractivity contribution in [3.05, 3.63) is 119 Å². The summed E-state index contributed by atoms with van der Waals surface area (Å²) in [6, 6.07) is 21.8. The maximum absolute atomic E-state index is 13.5. The van der Waals surface area contributed by atoms with Crippen LogP contribution >= 0.6 is 0 Å². The Labute approximate surface area is 208 Å². The first kappa shape index (κ1) is 23.2. The van der Waals surface area contributed by atoms with E-state index in [4.69, 9.17) is 4.74 Å². The van der Waals surface area contributed by atoms with Crippen LogP contribution in [0.1, 0.15) is 38.3 Å². The first-order chi connectivity index (χ1) is 17.6. The summed E-state index contributed by atoms with van der Waals surface area (Å²) < 4.78 is 19.1. The summed E-state index contributed by atoms with van der Waals surface area (Å²) in [4.78, 5) is 32.1. The van der Waals surface area contributed by atoms with Crippen LogP contribution < -0.4 is 15.0 Å². The summed E-state index contributed by atoms with van der Waals surface area (Å²) in [7, 11) is 0. The number of carbonyl (C=O) groups is 2. The van der Waals surface area contributed by atoms with Crippen LogP contribution in [-0.2, 0) is 13.0 Å². The summed E-state index contributed by atoms with van der Waals surface area (Å²) in [6.45, 7) is 0.928. The number of nitrogens with one attached hydrogen (secondary N) is 1. The van der Waals surface area contributed by atoms with Crippen molar-refractivity contribution in [2.24, 2.45) is 0 Å². The maximum Gasteiger partial charge on any atom is 0.258 e. The second-order valence-corrected chi connectivity index (χ2v) is 8.50. The van der Waals surface area contributed by atoms with Crippen LogP contribution in [0.15, 0.2) is 91.3 Å². The van der Waals surface area contributed by atoms with Gasteiger partial charge in [0.25, 0.3) is 11.8 Å². The molecule has 0 bridgehead atoms. The molecule has 1 aliphatic heterocycles. The molecule has 0 aliphatic carbocycles. The molecule has 4 aromatic rings. The van der Waals surface area contributed by atoms with Gasteiger partial charge in [-0.1, -0.05) is 18.2 Å². The number of hydrogen-bond acceptors (Lipinski definition) is 4. The fourth-order valence-corrected chi connectivity index (χ4v) is 4.27. The van der Waals surface area contributed by atoms with Gasteiger partial charge in [-0.2, -0.15) is 0 Å². The van der Waals surface area contributed by atoms with Crippen LogP contribution in [0.4, 0.5) is 15.8 Å². The fourth-order valence-electron chi connectivity index (χ4n) is 4.27. The van der Waals surface area contributed by atoms with Gasteiger partial charge >= 0.3 is 0 Å². The van der Waals surface area contributed by atoms with E-state index in [-0.39, 0.29) is 11.8 Å². The molecule has 2 heterocycles. The molecular weight excluding hydrogens is 457 g/mol. The van der Waals surface area contributed by atoms with E-state index in [1.54, 1.807) is 35.5 Å². The van der Waals surface area contributed by atoms with Crippen molar-refractivity contribution in [1.29, 1.82) is 0 Å². The second-order valence-electron chi connectivity index (χ2n) is 8.50. The average molecular weight is 482 g/mol. The van der Waals surface area contributed by atoms with Crippen LogP contribution in [0.25, 0.3) is 0 Å². The molecule has 1 aliphatic rings. The molecule has 0 saturated heterocycles. The molecule has 1 aromatic heterocycles. The number of nitrogens with zero attached hydrogens (tertiary/aromatic N) is 2. The Bertz CT molecular complexity index is 1390.